The minimum Gasteiger partial charge on any atom is -0.359 e. The number of aromatic nitrogens is 1. The van der Waals surface area contributed by atoms with Gasteiger partial charge in [0.15, 0.2) is 15.7 Å². The van der Waals surface area contributed by atoms with Gasteiger partial charge in [0.25, 0.3) is 0 Å². The summed E-state index contributed by atoms with van der Waals surface area (Å²) in [6.45, 7) is 7.35. The number of nitrogens with one attached hydrogen (secondary N) is 1. The lowest BCUT2D eigenvalue weighted by Gasteiger charge is -2.36. The summed E-state index contributed by atoms with van der Waals surface area (Å²) in [5, 5.41) is 6.69. The minimum atomic E-state index is -2.99. The minimum absolute atomic E-state index is 0.0759. The number of hydrogen-bond acceptors (Lipinski definition) is 7. The summed E-state index contributed by atoms with van der Waals surface area (Å²) < 4.78 is 28.5. The molecule has 1 N–H and O–H groups in total. The summed E-state index contributed by atoms with van der Waals surface area (Å²) in [7, 11) is -2.99. The average Bonchev–Trinajstić information content (AvgIpc) is 3.12. The van der Waals surface area contributed by atoms with Gasteiger partial charge in [-0.15, -0.1) is 0 Å². The van der Waals surface area contributed by atoms with Crippen LogP contribution in [0.1, 0.15) is 45.8 Å². The van der Waals surface area contributed by atoms with Crippen molar-refractivity contribution in [2.24, 2.45) is 0 Å². The number of rotatable bonds is 4. The smallest absolute Gasteiger partial charge is 0.248 e. The monoisotopic (exact) mass is 426 g/mol. The lowest BCUT2D eigenvalue weighted by molar-refractivity contribution is -0.141. The van der Waals surface area contributed by atoms with E-state index in [1.54, 1.807) is 11.0 Å². The first-order chi connectivity index (χ1) is 13.5. The van der Waals surface area contributed by atoms with Gasteiger partial charge in [-0.2, -0.15) is 0 Å². The van der Waals surface area contributed by atoms with Crippen molar-refractivity contribution in [2.45, 2.75) is 51.5 Å². The molecule has 2 aliphatic rings. The molecule has 3 rings (SSSR count). The van der Waals surface area contributed by atoms with Crippen molar-refractivity contribution in [3.05, 3.63) is 11.8 Å². The number of sulfone groups is 1. The Balaban J connectivity index is 1.62. The van der Waals surface area contributed by atoms with Gasteiger partial charge in [0.2, 0.25) is 11.8 Å². The third-order valence-corrected chi connectivity index (χ3v) is 7.03. The molecule has 1 aromatic heterocycles. The van der Waals surface area contributed by atoms with Crippen molar-refractivity contribution in [2.75, 3.05) is 43.0 Å². The second kappa shape index (κ2) is 8.43. The fourth-order valence-corrected chi connectivity index (χ4v) is 4.87. The van der Waals surface area contributed by atoms with Gasteiger partial charge in [-0.1, -0.05) is 25.9 Å². The Kier molecular flexibility index (Phi) is 6.33. The summed E-state index contributed by atoms with van der Waals surface area (Å²) >= 11 is 0. The molecule has 2 aliphatic heterocycles. The van der Waals surface area contributed by atoms with Crippen LogP contribution in [0.25, 0.3) is 0 Å². The largest absolute Gasteiger partial charge is 0.359 e. The normalized spacial score (nSPS) is 23.0. The van der Waals surface area contributed by atoms with Gasteiger partial charge < -0.3 is 14.7 Å². The van der Waals surface area contributed by atoms with E-state index in [0.29, 0.717) is 37.6 Å². The zero-order chi connectivity index (χ0) is 21.2. The topological polar surface area (TPSA) is 113 Å². The van der Waals surface area contributed by atoms with Gasteiger partial charge in [-0.3, -0.25) is 14.5 Å². The zero-order valence-electron chi connectivity index (χ0n) is 17.3. The first kappa shape index (κ1) is 21.8. The lowest BCUT2D eigenvalue weighted by atomic mass is 9.93. The zero-order valence-corrected chi connectivity index (χ0v) is 18.1. The van der Waals surface area contributed by atoms with Gasteiger partial charge in [0.1, 0.15) is 11.8 Å². The van der Waals surface area contributed by atoms with E-state index in [1.165, 1.54) is 0 Å². The van der Waals surface area contributed by atoms with Crippen molar-refractivity contribution >= 4 is 27.5 Å². The van der Waals surface area contributed by atoms with Crippen LogP contribution in [0.4, 0.5) is 5.82 Å². The number of nitrogens with zero attached hydrogens (tertiary/aromatic N) is 3. The molecule has 0 aromatic carbocycles. The van der Waals surface area contributed by atoms with Crippen LogP contribution in [-0.4, -0.2) is 78.9 Å². The molecule has 2 fully saturated rings. The number of anilines is 1. The molecule has 162 valence electrons. The molecule has 0 radical (unpaired) electrons. The summed E-state index contributed by atoms with van der Waals surface area (Å²) in [6.07, 6.45) is 2.31. The van der Waals surface area contributed by atoms with Crippen LogP contribution < -0.4 is 5.32 Å². The molecular weight excluding hydrogens is 396 g/mol. The maximum atomic E-state index is 12.9. The van der Waals surface area contributed by atoms with Crippen molar-refractivity contribution in [3.63, 3.8) is 0 Å². The number of piperidine rings is 1. The predicted molar refractivity (Wildman–Crippen MR) is 108 cm³/mol. The SMILES string of the molecule is CC(C)(C)c1cc(NC(=O)[C@@H]2CCCCN2C(=O)CN2CCS(=O)(=O)CC2)no1. The second-order valence-electron chi connectivity index (χ2n) is 8.84. The van der Waals surface area contributed by atoms with Crippen molar-refractivity contribution in [1.82, 2.24) is 15.0 Å². The first-order valence-corrected chi connectivity index (χ1v) is 11.9. The van der Waals surface area contributed by atoms with E-state index >= 15 is 0 Å². The van der Waals surface area contributed by atoms with Crippen LogP contribution in [0.5, 0.6) is 0 Å². The van der Waals surface area contributed by atoms with Gasteiger partial charge >= 0.3 is 0 Å². The van der Waals surface area contributed by atoms with Crippen molar-refractivity contribution < 1.29 is 22.5 Å². The second-order valence-corrected chi connectivity index (χ2v) is 11.1. The highest BCUT2D eigenvalue weighted by atomic mass is 32.2. The maximum Gasteiger partial charge on any atom is 0.248 e. The van der Waals surface area contributed by atoms with Crippen molar-refractivity contribution in [1.29, 1.82) is 0 Å². The Bertz CT molecular complexity index is 844. The fraction of sp³-hybridized carbons (Fsp3) is 0.737. The highest BCUT2D eigenvalue weighted by Crippen LogP contribution is 2.25. The molecule has 2 saturated heterocycles. The third kappa shape index (κ3) is 5.57. The Morgan fingerprint density at radius 3 is 2.52 bits per heavy atom. The lowest BCUT2D eigenvalue weighted by Crippen LogP contribution is -2.54. The number of carbonyl (C=O) groups excluding carboxylic acids is 2. The fourth-order valence-electron chi connectivity index (χ4n) is 3.59. The number of carbonyl (C=O) groups is 2. The van der Waals surface area contributed by atoms with Crippen molar-refractivity contribution in [3.8, 4) is 0 Å². The predicted octanol–water partition coefficient (Wildman–Crippen LogP) is 1.02. The molecule has 0 bridgehead atoms. The van der Waals surface area contributed by atoms with Crippen LogP contribution in [0.3, 0.4) is 0 Å². The Morgan fingerprint density at radius 2 is 1.90 bits per heavy atom. The van der Waals surface area contributed by atoms with Crippen LogP contribution in [0.15, 0.2) is 10.6 Å². The van der Waals surface area contributed by atoms with E-state index < -0.39 is 15.9 Å². The Morgan fingerprint density at radius 1 is 1.21 bits per heavy atom. The number of likely N-dealkylation sites (tertiary alicyclic amines) is 1. The third-order valence-electron chi connectivity index (χ3n) is 5.42. The Labute approximate surface area is 171 Å². The Hall–Kier alpha value is -1.94. The summed E-state index contributed by atoms with van der Waals surface area (Å²) in [4.78, 5) is 29.2. The molecule has 0 aliphatic carbocycles. The van der Waals surface area contributed by atoms with Gasteiger partial charge in [-0.25, -0.2) is 8.42 Å². The molecule has 1 atom stereocenters. The van der Waals surface area contributed by atoms with E-state index in [9.17, 15) is 18.0 Å². The molecule has 10 heteroatoms. The first-order valence-electron chi connectivity index (χ1n) is 10.1. The van der Waals surface area contributed by atoms with Gasteiger partial charge in [-0.05, 0) is 19.3 Å². The molecule has 0 unspecified atom stereocenters. The molecule has 0 spiro atoms. The van der Waals surface area contributed by atoms with Crippen LogP contribution in [0.2, 0.25) is 0 Å². The highest BCUT2D eigenvalue weighted by molar-refractivity contribution is 7.91. The number of amides is 2. The van der Waals surface area contributed by atoms with E-state index in [2.05, 4.69) is 10.5 Å². The van der Waals surface area contributed by atoms with E-state index in [4.69, 9.17) is 4.52 Å². The van der Waals surface area contributed by atoms with Gasteiger partial charge in [0.05, 0.1) is 18.1 Å². The molecule has 3 heterocycles. The van der Waals surface area contributed by atoms with Gasteiger partial charge in [0, 0.05) is 31.1 Å². The molecule has 0 saturated carbocycles. The van der Waals surface area contributed by atoms with Crippen LogP contribution in [0, 0.1) is 0 Å². The summed E-state index contributed by atoms with van der Waals surface area (Å²) in [5.41, 5.74) is -0.218. The van der Waals surface area contributed by atoms with E-state index in [0.717, 1.165) is 12.8 Å². The molecule has 29 heavy (non-hydrogen) atoms. The van der Waals surface area contributed by atoms with E-state index in [-0.39, 0.29) is 35.3 Å². The number of hydrogen-bond donors (Lipinski definition) is 1. The molecular formula is C19H30N4O5S. The molecule has 2 amide bonds. The van der Waals surface area contributed by atoms with E-state index in [1.807, 2.05) is 25.7 Å². The highest BCUT2D eigenvalue weighted by Gasteiger charge is 2.34. The standard InChI is InChI=1S/C19H30N4O5S/c1-19(2,3)15-12-16(21-28-15)20-18(25)14-6-4-5-7-23(14)17(24)13-22-8-10-29(26,27)11-9-22/h12,14H,4-11,13H2,1-3H3,(H,20,21,25)/t14-/m0/s1. The maximum absolute atomic E-state index is 12.9. The quantitative estimate of drug-likeness (QED) is 0.765. The van der Waals surface area contributed by atoms with Crippen LogP contribution >= 0.6 is 0 Å². The summed E-state index contributed by atoms with van der Waals surface area (Å²) in [5.74, 6) is 0.759. The average molecular weight is 427 g/mol. The van der Waals surface area contributed by atoms with Crippen LogP contribution in [-0.2, 0) is 24.8 Å². The molecule has 1 aromatic rings. The summed E-state index contributed by atoms with van der Waals surface area (Å²) in [6, 6.07) is 1.15. The molecule has 9 nitrogen and oxygen atoms in total.